The highest BCUT2D eigenvalue weighted by Gasteiger charge is 2.18. The Labute approximate surface area is 120 Å². The van der Waals surface area contributed by atoms with E-state index >= 15 is 0 Å². The number of rotatable bonds is 3. The molecule has 0 aliphatic heterocycles. The number of aryl methyl sites for hydroxylation is 1. The fraction of sp³-hybridized carbons (Fsp3) is 0.562. The van der Waals surface area contributed by atoms with Crippen molar-refractivity contribution in [1.82, 2.24) is 5.32 Å². The number of nitrogens with zero attached hydrogens (tertiary/aromatic N) is 1. The Kier molecular flexibility index (Phi) is 5.24. The van der Waals surface area contributed by atoms with Gasteiger partial charge in [-0.25, -0.2) is 0 Å². The molecule has 1 unspecified atom stereocenters. The lowest BCUT2D eigenvalue weighted by Gasteiger charge is -2.21. The standard InChI is InChI=1S/C16H21ClN2/c1-12-8-9-13(10-15(12)17)16(11-18)19-14-6-4-2-3-5-7-14/h8-10,14,16,19H,2-7H2,1H3. The number of hydrogen-bond acceptors (Lipinski definition) is 2. The smallest absolute Gasteiger partial charge is 0.121 e. The second kappa shape index (κ2) is 6.93. The van der Waals surface area contributed by atoms with Crippen molar-refractivity contribution in [2.75, 3.05) is 0 Å². The molecular weight excluding hydrogens is 256 g/mol. The maximum atomic E-state index is 9.39. The number of nitrogens with one attached hydrogen (secondary N) is 1. The average molecular weight is 277 g/mol. The second-order valence-electron chi connectivity index (χ2n) is 5.43. The normalized spacial score (nSPS) is 18.6. The van der Waals surface area contributed by atoms with Crippen LogP contribution in [0.1, 0.15) is 55.7 Å². The van der Waals surface area contributed by atoms with Crippen LogP contribution in [0.3, 0.4) is 0 Å². The van der Waals surface area contributed by atoms with E-state index in [1.165, 1.54) is 38.5 Å². The van der Waals surface area contributed by atoms with E-state index in [4.69, 9.17) is 11.6 Å². The Morgan fingerprint density at radius 1 is 1.26 bits per heavy atom. The van der Waals surface area contributed by atoms with Gasteiger partial charge < -0.3 is 0 Å². The third-order valence-electron chi connectivity index (χ3n) is 3.92. The summed E-state index contributed by atoms with van der Waals surface area (Å²) < 4.78 is 0. The topological polar surface area (TPSA) is 35.8 Å². The summed E-state index contributed by atoms with van der Waals surface area (Å²) in [6, 6.07) is 8.47. The molecule has 0 aromatic heterocycles. The first-order valence-corrected chi connectivity index (χ1v) is 7.50. The van der Waals surface area contributed by atoms with Crippen LogP contribution in [-0.2, 0) is 0 Å². The molecule has 1 aliphatic rings. The van der Waals surface area contributed by atoms with Gasteiger partial charge in [-0.1, -0.05) is 49.4 Å². The zero-order valence-electron chi connectivity index (χ0n) is 11.5. The highest BCUT2D eigenvalue weighted by atomic mass is 35.5. The minimum absolute atomic E-state index is 0.249. The van der Waals surface area contributed by atoms with Crippen molar-refractivity contribution >= 4 is 11.6 Å². The highest BCUT2D eigenvalue weighted by molar-refractivity contribution is 6.31. The van der Waals surface area contributed by atoms with Gasteiger partial charge in [-0.05, 0) is 37.0 Å². The molecule has 102 valence electrons. The fourth-order valence-corrected chi connectivity index (χ4v) is 2.87. The summed E-state index contributed by atoms with van der Waals surface area (Å²) in [6.07, 6.45) is 7.54. The Morgan fingerprint density at radius 2 is 1.95 bits per heavy atom. The Morgan fingerprint density at radius 3 is 2.53 bits per heavy atom. The first-order valence-electron chi connectivity index (χ1n) is 7.12. The monoisotopic (exact) mass is 276 g/mol. The minimum atomic E-state index is -0.249. The van der Waals surface area contributed by atoms with Gasteiger partial charge in [-0.15, -0.1) is 0 Å². The molecule has 0 spiro atoms. The Hall–Kier alpha value is -1.04. The minimum Gasteiger partial charge on any atom is -0.295 e. The van der Waals surface area contributed by atoms with Gasteiger partial charge in [0.2, 0.25) is 0 Å². The van der Waals surface area contributed by atoms with Crippen LogP contribution in [0.2, 0.25) is 5.02 Å². The Bertz CT molecular complexity index is 456. The summed E-state index contributed by atoms with van der Waals surface area (Å²) in [5, 5.41) is 13.6. The molecule has 1 aromatic carbocycles. The zero-order valence-corrected chi connectivity index (χ0v) is 12.2. The quantitative estimate of drug-likeness (QED) is 0.824. The molecule has 1 atom stereocenters. The molecule has 1 aromatic rings. The van der Waals surface area contributed by atoms with E-state index in [2.05, 4.69) is 11.4 Å². The molecule has 2 nitrogen and oxygen atoms in total. The average Bonchev–Trinajstić information content (AvgIpc) is 2.68. The molecule has 0 heterocycles. The maximum absolute atomic E-state index is 9.39. The predicted octanol–water partition coefficient (Wildman–Crippen LogP) is 4.53. The van der Waals surface area contributed by atoms with Gasteiger partial charge in [0.1, 0.15) is 6.04 Å². The largest absolute Gasteiger partial charge is 0.295 e. The highest BCUT2D eigenvalue weighted by Crippen LogP contribution is 2.24. The van der Waals surface area contributed by atoms with Crippen molar-refractivity contribution in [2.24, 2.45) is 0 Å². The first-order chi connectivity index (χ1) is 9.20. The van der Waals surface area contributed by atoms with Crippen molar-refractivity contribution in [2.45, 2.75) is 57.5 Å². The molecule has 1 N–H and O–H groups in total. The van der Waals surface area contributed by atoms with E-state index in [0.29, 0.717) is 6.04 Å². The summed E-state index contributed by atoms with van der Waals surface area (Å²) >= 11 is 6.15. The molecule has 1 saturated carbocycles. The molecule has 19 heavy (non-hydrogen) atoms. The van der Waals surface area contributed by atoms with E-state index in [0.717, 1.165) is 16.1 Å². The van der Waals surface area contributed by atoms with E-state index in [1.807, 2.05) is 25.1 Å². The van der Waals surface area contributed by atoms with Crippen molar-refractivity contribution in [3.8, 4) is 6.07 Å². The maximum Gasteiger partial charge on any atom is 0.121 e. The van der Waals surface area contributed by atoms with Crippen LogP contribution in [0.25, 0.3) is 0 Å². The van der Waals surface area contributed by atoms with Crippen LogP contribution < -0.4 is 5.32 Å². The van der Waals surface area contributed by atoms with Crippen LogP contribution in [-0.4, -0.2) is 6.04 Å². The molecular formula is C16H21ClN2. The lowest BCUT2D eigenvalue weighted by Crippen LogP contribution is -2.31. The van der Waals surface area contributed by atoms with Gasteiger partial charge in [-0.3, -0.25) is 5.32 Å². The lowest BCUT2D eigenvalue weighted by molar-refractivity contribution is 0.436. The van der Waals surface area contributed by atoms with Crippen LogP contribution in [0.4, 0.5) is 0 Å². The lowest BCUT2D eigenvalue weighted by atomic mass is 10.0. The van der Waals surface area contributed by atoms with Crippen LogP contribution in [0.5, 0.6) is 0 Å². The predicted molar refractivity (Wildman–Crippen MR) is 79.2 cm³/mol. The third kappa shape index (κ3) is 3.96. The van der Waals surface area contributed by atoms with E-state index < -0.39 is 0 Å². The van der Waals surface area contributed by atoms with Crippen LogP contribution in [0, 0.1) is 18.3 Å². The van der Waals surface area contributed by atoms with Crippen LogP contribution >= 0.6 is 11.6 Å². The summed E-state index contributed by atoms with van der Waals surface area (Å²) in [5.74, 6) is 0. The van der Waals surface area contributed by atoms with Gasteiger partial charge in [0.25, 0.3) is 0 Å². The van der Waals surface area contributed by atoms with Gasteiger partial charge in [0, 0.05) is 11.1 Å². The summed E-state index contributed by atoms with van der Waals surface area (Å²) in [4.78, 5) is 0. The number of hydrogen-bond donors (Lipinski definition) is 1. The van der Waals surface area contributed by atoms with Crippen molar-refractivity contribution in [3.05, 3.63) is 34.3 Å². The van der Waals surface area contributed by atoms with E-state index in [1.54, 1.807) is 0 Å². The summed E-state index contributed by atoms with van der Waals surface area (Å²) in [6.45, 7) is 1.98. The van der Waals surface area contributed by atoms with Gasteiger partial charge in [0.05, 0.1) is 6.07 Å². The molecule has 3 heteroatoms. The number of nitriles is 1. The SMILES string of the molecule is Cc1ccc(C(C#N)NC2CCCCCC2)cc1Cl. The van der Waals surface area contributed by atoms with Crippen molar-refractivity contribution in [1.29, 1.82) is 5.26 Å². The zero-order chi connectivity index (χ0) is 13.7. The van der Waals surface area contributed by atoms with E-state index in [-0.39, 0.29) is 6.04 Å². The molecule has 0 radical (unpaired) electrons. The third-order valence-corrected chi connectivity index (χ3v) is 4.32. The molecule has 0 bridgehead atoms. The first kappa shape index (κ1) is 14.4. The summed E-state index contributed by atoms with van der Waals surface area (Å²) in [7, 11) is 0. The summed E-state index contributed by atoms with van der Waals surface area (Å²) in [5.41, 5.74) is 2.03. The van der Waals surface area contributed by atoms with Gasteiger partial charge in [0.15, 0.2) is 0 Å². The van der Waals surface area contributed by atoms with Gasteiger partial charge in [-0.2, -0.15) is 5.26 Å². The number of halogens is 1. The van der Waals surface area contributed by atoms with E-state index in [9.17, 15) is 5.26 Å². The van der Waals surface area contributed by atoms with Crippen molar-refractivity contribution < 1.29 is 0 Å². The second-order valence-corrected chi connectivity index (χ2v) is 5.83. The molecule has 2 rings (SSSR count). The molecule has 0 amide bonds. The van der Waals surface area contributed by atoms with Crippen molar-refractivity contribution in [3.63, 3.8) is 0 Å². The molecule has 0 saturated heterocycles. The molecule has 1 aliphatic carbocycles. The van der Waals surface area contributed by atoms with Gasteiger partial charge >= 0.3 is 0 Å². The number of benzene rings is 1. The molecule has 1 fully saturated rings. The van der Waals surface area contributed by atoms with Crippen LogP contribution in [0.15, 0.2) is 18.2 Å². The fourth-order valence-electron chi connectivity index (χ4n) is 2.68. The Balaban J connectivity index is 2.06.